The highest BCUT2D eigenvalue weighted by Gasteiger charge is 2.29. The summed E-state index contributed by atoms with van der Waals surface area (Å²) in [5.74, 6) is 0.302. The molecule has 0 radical (unpaired) electrons. The molecular weight excluding hydrogens is 282 g/mol. The van der Waals surface area contributed by atoms with Gasteiger partial charge in [-0.1, -0.05) is 59.2 Å². The SMILES string of the molecule is [N-]=[N+]=NC1c2ccccc2CCC1Cc1ccccc1Cl. The first-order chi connectivity index (χ1) is 10.3. The van der Waals surface area contributed by atoms with E-state index in [1.165, 1.54) is 11.1 Å². The first-order valence-electron chi connectivity index (χ1n) is 7.15. The van der Waals surface area contributed by atoms with Crippen molar-refractivity contribution >= 4 is 11.6 Å². The van der Waals surface area contributed by atoms with Crippen LogP contribution in [0, 0.1) is 5.92 Å². The van der Waals surface area contributed by atoms with E-state index in [2.05, 4.69) is 28.2 Å². The maximum absolute atomic E-state index is 8.91. The smallest absolute Gasteiger partial charge is 0.0659 e. The summed E-state index contributed by atoms with van der Waals surface area (Å²) in [7, 11) is 0. The molecule has 106 valence electrons. The van der Waals surface area contributed by atoms with Crippen LogP contribution in [0.4, 0.5) is 0 Å². The summed E-state index contributed by atoms with van der Waals surface area (Å²) in [6.07, 6.45) is 2.90. The lowest BCUT2D eigenvalue weighted by atomic mass is 9.77. The van der Waals surface area contributed by atoms with E-state index in [1.807, 2.05) is 30.3 Å². The van der Waals surface area contributed by atoms with Crippen molar-refractivity contribution in [2.45, 2.75) is 25.3 Å². The maximum atomic E-state index is 8.91. The molecule has 0 fully saturated rings. The summed E-state index contributed by atoms with van der Waals surface area (Å²) < 4.78 is 0. The lowest BCUT2D eigenvalue weighted by Gasteiger charge is -2.31. The van der Waals surface area contributed by atoms with Gasteiger partial charge in [-0.3, -0.25) is 0 Å². The lowest BCUT2D eigenvalue weighted by molar-refractivity contribution is 0.376. The van der Waals surface area contributed by atoms with Gasteiger partial charge in [-0.2, -0.15) is 0 Å². The summed E-state index contributed by atoms with van der Waals surface area (Å²) in [6, 6.07) is 16.1. The first-order valence-corrected chi connectivity index (χ1v) is 7.53. The summed E-state index contributed by atoms with van der Waals surface area (Å²) in [5.41, 5.74) is 12.5. The number of rotatable bonds is 3. The average Bonchev–Trinajstić information content (AvgIpc) is 2.52. The van der Waals surface area contributed by atoms with Gasteiger partial charge in [0.25, 0.3) is 0 Å². The number of azide groups is 1. The molecule has 2 aromatic carbocycles. The van der Waals surface area contributed by atoms with Gasteiger partial charge in [-0.25, -0.2) is 0 Å². The molecule has 0 heterocycles. The van der Waals surface area contributed by atoms with E-state index < -0.39 is 0 Å². The van der Waals surface area contributed by atoms with Crippen LogP contribution in [-0.2, 0) is 12.8 Å². The molecule has 0 aromatic heterocycles. The van der Waals surface area contributed by atoms with E-state index in [1.54, 1.807) is 0 Å². The van der Waals surface area contributed by atoms with Crippen molar-refractivity contribution in [3.05, 3.63) is 80.7 Å². The molecule has 0 saturated carbocycles. The van der Waals surface area contributed by atoms with Crippen molar-refractivity contribution in [1.29, 1.82) is 0 Å². The summed E-state index contributed by atoms with van der Waals surface area (Å²) in [6.45, 7) is 0. The number of benzene rings is 2. The van der Waals surface area contributed by atoms with Crippen molar-refractivity contribution in [1.82, 2.24) is 0 Å². The topological polar surface area (TPSA) is 48.8 Å². The predicted octanol–water partition coefficient (Wildman–Crippen LogP) is 5.50. The van der Waals surface area contributed by atoms with Gasteiger partial charge in [0, 0.05) is 9.93 Å². The van der Waals surface area contributed by atoms with Gasteiger partial charge in [0.15, 0.2) is 0 Å². The van der Waals surface area contributed by atoms with Crippen LogP contribution < -0.4 is 0 Å². The Bertz CT molecular complexity index is 692. The van der Waals surface area contributed by atoms with Gasteiger partial charge in [-0.05, 0) is 53.5 Å². The van der Waals surface area contributed by atoms with Crippen LogP contribution in [0.15, 0.2) is 53.6 Å². The minimum Gasteiger partial charge on any atom is -0.0856 e. The third-order valence-corrected chi connectivity index (χ3v) is 4.59. The molecule has 2 atom stereocenters. The molecule has 0 amide bonds. The third kappa shape index (κ3) is 2.90. The van der Waals surface area contributed by atoms with Crippen molar-refractivity contribution < 1.29 is 0 Å². The zero-order chi connectivity index (χ0) is 14.7. The molecule has 0 N–H and O–H groups in total. The molecule has 0 saturated heterocycles. The van der Waals surface area contributed by atoms with E-state index in [4.69, 9.17) is 17.1 Å². The Labute approximate surface area is 129 Å². The Morgan fingerprint density at radius 1 is 1.14 bits per heavy atom. The number of nitrogens with zero attached hydrogens (tertiary/aromatic N) is 3. The van der Waals surface area contributed by atoms with Gasteiger partial charge < -0.3 is 0 Å². The fourth-order valence-electron chi connectivity index (χ4n) is 3.18. The van der Waals surface area contributed by atoms with Gasteiger partial charge in [0.1, 0.15) is 0 Å². The zero-order valence-corrected chi connectivity index (χ0v) is 12.4. The highest BCUT2D eigenvalue weighted by molar-refractivity contribution is 6.31. The monoisotopic (exact) mass is 297 g/mol. The highest BCUT2D eigenvalue weighted by atomic mass is 35.5. The van der Waals surface area contributed by atoms with E-state index in [0.717, 1.165) is 29.8 Å². The number of hydrogen-bond donors (Lipinski definition) is 0. The second-order valence-electron chi connectivity index (χ2n) is 5.44. The fraction of sp³-hybridized carbons (Fsp3) is 0.294. The van der Waals surface area contributed by atoms with Crippen LogP contribution in [0.5, 0.6) is 0 Å². The van der Waals surface area contributed by atoms with Crippen molar-refractivity contribution in [2.75, 3.05) is 0 Å². The van der Waals surface area contributed by atoms with Crippen molar-refractivity contribution in [2.24, 2.45) is 11.0 Å². The van der Waals surface area contributed by atoms with Crippen LogP contribution in [0.1, 0.15) is 29.2 Å². The first kappa shape index (κ1) is 14.0. The highest BCUT2D eigenvalue weighted by Crippen LogP contribution is 2.39. The Balaban J connectivity index is 1.92. The molecule has 3 rings (SSSR count). The Kier molecular flexibility index (Phi) is 4.14. The van der Waals surface area contributed by atoms with Crippen molar-refractivity contribution in [3.63, 3.8) is 0 Å². The van der Waals surface area contributed by atoms with Gasteiger partial charge in [0.05, 0.1) is 6.04 Å². The van der Waals surface area contributed by atoms with Crippen LogP contribution in [0.2, 0.25) is 5.02 Å². The van der Waals surface area contributed by atoms with E-state index >= 15 is 0 Å². The minimum absolute atomic E-state index is 0.101. The molecule has 0 bridgehead atoms. The van der Waals surface area contributed by atoms with Crippen molar-refractivity contribution in [3.8, 4) is 0 Å². The zero-order valence-electron chi connectivity index (χ0n) is 11.6. The largest absolute Gasteiger partial charge is 0.0856 e. The molecule has 3 nitrogen and oxygen atoms in total. The second-order valence-corrected chi connectivity index (χ2v) is 5.85. The van der Waals surface area contributed by atoms with Crippen LogP contribution >= 0.6 is 11.6 Å². The Morgan fingerprint density at radius 2 is 1.90 bits per heavy atom. The second kappa shape index (κ2) is 6.21. The van der Waals surface area contributed by atoms with Crippen LogP contribution in [-0.4, -0.2) is 0 Å². The number of fused-ring (bicyclic) bond motifs is 1. The van der Waals surface area contributed by atoms with Crippen LogP contribution in [0.25, 0.3) is 10.4 Å². The van der Waals surface area contributed by atoms with E-state index in [0.29, 0.717) is 5.92 Å². The molecule has 1 aliphatic carbocycles. The predicted molar refractivity (Wildman–Crippen MR) is 85.3 cm³/mol. The normalized spacial score (nSPS) is 20.4. The van der Waals surface area contributed by atoms with Gasteiger partial charge >= 0.3 is 0 Å². The molecule has 0 aliphatic heterocycles. The summed E-state index contributed by atoms with van der Waals surface area (Å²) in [4.78, 5) is 3.06. The van der Waals surface area contributed by atoms with Crippen LogP contribution in [0.3, 0.4) is 0 Å². The third-order valence-electron chi connectivity index (χ3n) is 4.22. The summed E-state index contributed by atoms with van der Waals surface area (Å²) in [5, 5.41) is 4.86. The van der Waals surface area contributed by atoms with Gasteiger partial charge in [0.2, 0.25) is 0 Å². The number of hydrogen-bond acceptors (Lipinski definition) is 1. The molecule has 21 heavy (non-hydrogen) atoms. The lowest BCUT2D eigenvalue weighted by Crippen LogP contribution is -2.21. The van der Waals surface area contributed by atoms with Gasteiger partial charge in [-0.15, -0.1) is 0 Å². The quantitative estimate of drug-likeness (QED) is 0.408. The molecule has 2 unspecified atom stereocenters. The van der Waals surface area contributed by atoms with E-state index in [-0.39, 0.29) is 6.04 Å². The van der Waals surface area contributed by atoms with E-state index in [9.17, 15) is 0 Å². The molecule has 4 heteroatoms. The number of aryl methyl sites for hydroxylation is 1. The molecule has 1 aliphatic rings. The minimum atomic E-state index is -0.101. The molecule has 0 spiro atoms. The maximum Gasteiger partial charge on any atom is 0.0659 e. The molecule has 2 aromatic rings. The summed E-state index contributed by atoms with van der Waals surface area (Å²) >= 11 is 6.27. The average molecular weight is 298 g/mol. The standard InChI is InChI=1S/C17H16ClN3/c18-16-8-4-2-6-13(16)11-14-10-9-12-5-1-3-7-15(12)17(14)20-21-19/h1-8,14,17H,9-11H2. The Morgan fingerprint density at radius 3 is 2.71 bits per heavy atom. The number of halogens is 1. The fourth-order valence-corrected chi connectivity index (χ4v) is 3.39. The Hall–Kier alpha value is -1.96. The molecular formula is C17H16ClN3.